The highest BCUT2D eigenvalue weighted by Crippen LogP contribution is 2.36. The number of hydroxylamine groups is 2. The van der Waals surface area contributed by atoms with Gasteiger partial charge in [0.25, 0.3) is 0 Å². The van der Waals surface area contributed by atoms with Crippen molar-refractivity contribution in [2.24, 2.45) is 11.8 Å². The monoisotopic (exact) mass is 309 g/mol. The number of nitrogens with zero attached hydrogens (tertiary/aromatic N) is 2. The lowest BCUT2D eigenvalue weighted by molar-refractivity contribution is -0.131. The van der Waals surface area contributed by atoms with Crippen molar-refractivity contribution in [2.75, 3.05) is 13.1 Å². The lowest BCUT2D eigenvalue weighted by atomic mass is 9.77. The van der Waals surface area contributed by atoms with E-state index in [0.717, 1.165) is 25.3 Å². The number of carbonyl (C=O) groups is 1. The van der Waals surface area contributed by atoms with Crippen LogP contribution in [-0.2, 0) is 4.79 Å². The Morgan fingerprint density at radius 2 is 1.86 bits per heavy atom. The maximum atomic E-state index is 12.7. The summed E-state index contributed by atoms with van der Waals surface area (Å²) >= 11 is 0. The van der Waals surface area contributed by atoms with E-state index < -0.39 is 0 Å². The van der Waals surface area contributed by atoms with Crippen LogP contribution in [0.5, 0.6) is 0 Å². The number of Topliss-reactive ketones (excluding diaryl/α,β-unsaturated/α-hetero) is 1. The third-order valence-electron chi connectivity index (χ3n) is 6.13. The molecule has 0 spiro atoms. The average molecular weight is 309 g/mol. The number of piperidine rings is 1. The summed E-state index contributed by atoms with van der Waals surface area (Å²) < 4.78 is 0. The van der Waals surface area contributed by atoms with Gasteiger partial charge in [0.15, 0.2) is 0 Å². The van der Waals surface area contributed by atoms with Crippen LogP contribution in [0.4, 0.5) is 0 Å². The van der Waals surface area contributed by atoms with E-state index in [2.05, 4.69) is 4.90 Å². The van der Waals surface area contributed by atoms with E-state index in [1.54, 1.807) is 0 Å². The molecule has 3 rings (SSSR count). The molecule has 2 aliphatic carbocycles. The molecule has 5 nitrogen and oxygen atoms in total. The first-order valence-electron chi connectivity index (χ1n) is 9.07. The molecule has 1 N–H and O–H groups in total. The maximum absolute atomic E-state index is 12.7. The normalized spacial score (nSPS) is 37.0. The van der Waals surface area contributed by atoms with Gasteiger partial charge in [0.2, 0.25) is 0 Å². The zero-order valence-corrected chi connectivity index (χ0v) is 13.5. The Morgan fingerprint density at radius 1 is 1.09 bits per heavy atom. The standard InChI is InChI=1S/C17H29N2O3/c20-17(14-6-3-8-15(11-14)19(21)22)12-18-10-4-7-13-5-1-2-9-16(13)18/h13-16,21H,1-12H2/q-1. The van der Waals surface area contributed by atoms with Gasteiger partial charge in [0, 0.05) is 18.0 Å². The predicted octanol–water partition coefficient (Wildman–Crippen LogP) is 2.96. The molecule has 1 saturated heterocycles. The van der Waals surface area contributed by atoms with Gasteiger partial charge in [-0.15, -0.1) is 0 Å². The van der Waals surface area contributed by atoms with Crippen LogP contribution >= 0.6 is 0 Å². The molecule has 4 unspecified atom stereocenters. The van der Waals surface area contributed by atoms with E-state index in [-0.39, 0.29) is 23.0 Å². The van der Waals surface area contributed by atoms with Crippen molar-refractivity contribution in [1.82, 2.24) is 10.1 Å². The molecule has 0 aromatic carbocycles. The van der Waals surface area contributed by atoms with Crippen molar-refractivity contribution in [1.29, 1.82) is 0 Å². The van der Waals surface area contributed by atoms with Crippen molar-refractivity contribution < 1.29 is 10.0 Å². The molecule has 1 aliphatic heterocycles. The first-order chi connectivity index (χ1) is 10.6. The van der Waals surface area contributed by atoms with E-state index in [1.165, 1.54) is 38.5 Å². The smallest absolute Gasteiger partial charge is 0.149 e. The van der Waals surface area contributed by atoms with Gasteiger partial charge in [0.05, 0.1) is 6.54 Å². The van der Waals surface area contributed by atoms with Crippen LogP contribution in [0, 0.1) is 17.0 Å². The second-order valence-electron chi connectivity index (χ2n) is 7.51. The highest BCUT2D eigenvalue weighted by atomic mass is 16.8. The average Bonchev–Trinajstić information content (AvgIpc) is 2.55. The van der Waals surface area contributed by atoms with Crippen LogP contribution in [0.25, 0.3) is 0 Å². The molecule has 0 amide bonds. The maximum Gasteiger partial charge on any atom is 0.149 e. The third-order valence-corrected chi connectivity index (χ3v) is 6.13. The van der Waals surface area contributed by atoms with Crippen molar-refractivity contribution in [2.45, 2.75) is 76.3 Å². The lowest BCUT2D eigenvalue weighted by Crippen LogP contribution is -2.50. The van der Waals surface area contributed by atoms with E-state index in [0.29, 0.717) is 25.4 Å². The summed E-state index contributed by atoms with van der Waals surface area (Å²) in [7, 11) is 0. The van der Waals surface area contributed by atoms with Gasteiger partial charge < -0.3 is 10.4 Å². The topological polar surface area (TPSA) is 66.8 Å². The summed E-state index contributed by atoms with van der Waals surface area (Å²) in [4.78, 5) is 15.1. The van der Waals surface area contributed by atoms with Crippen molar-refractivity contribution in [3.05, 3.63) is 5.21 Å². The summed E-state index contributed by atoms with van der Waals surface area (Å²) in [6.45, 7) is 1.61. The number of carbonyl (C=O) groups excluding carboxylic acids is 1. The summed E-state index contributed by atoms with van der Waals surface area (Å²) in [5, 5.41) is 20.3. The number of hydrogen-bond acceptors (Lipinski definition) is 5. The molecule has 0 bridgehead atoms. The van der Waals surface area contributed by atoms with Gasteiger partial charge >= 0.3 is 0 Å². The van der Waals surface area contributed by atoms with Crippen LogP contribution in [0.15, 0.2) is 0 Å². The number of hydrogen-bond donors (Lipinski definition) is 1. The molecular formula is C17H29N2O3-. The van der Waals surface area contributed by atoms with Crippen LogP contribution in [-0.4, -0.2) is 46.3 Å². The van der Waals surface area contributed by atoms with E-state index in [4.69, 9.17) is 5.21 Å². The minimum Gasteiger partial charge on any atom is -0.762 e. The minimum absolute atomic E-state index is 0.0358. The fourth-order valence-electron chi connectivity index (χ4n) is 4.91. The zero-order valence-electron chi connectivity index (χ0n) is 13.5. The Morgan fingerprint density at radius 3 is 2.68 bits per heavy atom. The third kappa shape index (κ3) is 3.70. The van der Waals surface area contributed by atoms with Gasteiger partial charge in [-0.05, 0) is 57.4 Å². The van der Waals surface area contributed by atoms with E-state index in [1.807, 2.05) is 0 Å². The van der Waals surface area contributed by atoms with E-state index >= 15 is 0 Å². The van der Waals surface area contributed by atoms with Crippen LogP contribution in [0.2, 0.25) is 0 Å². The first kappa shape index (κ1) is 16.4. The molecule has 1 heterocycles. The Balaban J connectivity index is 1.56. The lowest BCUT2D eigenvalue weighted by Gasteiger charge is -2.44. The van der Waals surface area contributed by atoms with Gasteiger partial charge in [-0.25, -0.2) is 0 Å². The number of rotatable bonds is 4. The second-order valence-corrected chi connectivity index (χ2v) is 7.51. The largest absolute Gasteiger partial charge is 0.762 e. The molecule has 2 saturated carbocycles. The van der Waals surface area contributed by atoms with Crippen molar-refractivity contribution >= 4 is 5.78 Å². The van der Waals surface area contributed by atoms with Gasteiger partial charge in [0.1, 0.15) is 5.78 Å². The highest BCUT2D eigenvalue weighted by Gasteiger charge is 2.35. The molecular weight excluding hydrogens is 280 g/mol. The number of likely N-dealkylation sites (tertiary alicyclic amines) is 1. The second kappa shape index (κ2) is 7.39. The Bertz CT molecular complexity index is 386. The quantitative estimate of drug-likeness (QED) is 0.809. The molecule has 3 fully saturated rings. The first-order valence-corrected chi connectivity index (χ1v) is 9.07. The predicted molar refractivity (Wildman–Crippen MR) is 84.3 cm³/mol. The fraction of sp³-hybridized carbons (Fsp3) is 0.941. The van der Waals surface area contributed by atoms with Crippen LogP contribution < -0.4 is 0 Å². The summed E-state index contributed by atoms with van der Waals surface area (Å²) in [6.07, 6.45) is 10.8. The highest BCUT2D eigenvalue weighted by molar-refractivity contribution is 5.83. The zero-order chi connectivity index (χ0) is 15.5. The molecule has 4 atom stereocenters. The van der Waals surface area contributed by atoms with Crippen molar-refractivity contribution in [3.8, 4) is 0 Å². The summed E-state index contributed by atoms with van der Waals surface area (Å²) in [5.41, 5.74) is 0. The van der Waals surface area contributed by atoms with Gasteiger partial charge in [-0.2, -0.15) is 0 Å². The Kier molecular flexibility index (Phi) is 5.50. The molecule has 126 valence electrons. The van der Waals surface area contributed by atoms with Crippen molar-refractivity contribution in [3.63, 3.8) is 0 Å². The molecule has 0 radical (unpaired) electrons. The summed E-state index contributed by atoms with van der Waals surface area (Å²) in [5.74, 6) is 1.05. The molecule has 5 heteroatoms. The number of ketones is 1. The minimum atomic E-state index is -0.383. The van der Waals surface area contributed by atoms with Crippen LogP contribution in [0.3, 0.4) is 0 Å². The SMILES string of the molecule is O=C(CN1CCCC2CCCCC21)C1CCCC(N([O-])O)C1. The number of fused-ring (bicyclic) bond motifs is 1. The fourth-order valence-corrected chi connectivity index (χ4v) is 4.91. The van der Waals surface area contributed by atoms with Crippen LogP contribution in [0.1, 0.15) is 64.2 Å². The Labute approximate surface area is 133 Å². The molecule has 0 aromatic heterocycles. The van der Waals surface area contributed by atoms with Gasteiger partial charge in [-0.1, -0.05) is 19.3 Å². The Hall–Kier alpha value is -0.490. The summed E-state index contributed by atoms with van der Waals surface area (Å²) in [6, 6.07) is 0.228. The molecule has 22 heavy (non-hydrogen) atoms. The molecule has 3 aliphatic rings. The van der Waals surface area contributed by atoms with E-state index in [9.17, 15) is 10.0 Å². The van der Waals surface area contributed by atoms with Gasteiger partial charge in [-0.3, -0.25) is 14.9 Å². The molecule has 0 aromatic rings.